The molecule has 0 aromatic carbocycles. The smallest absolute Gasteiger partial charge is 0.330 e. The first-order chi connectivity index (χ1) is 6.43. The molecule has 0 bridgehead atoms. The van der Waals surface area contributed by atoms with Crippen molar-refractivity contribution in [2.24, 2.45) is 0 Å². The van der Waals surface area contributed by atoms with Gasteiger partial charge in [0.05, 0.1) is 14.2 Å². The third-order valence-corrected chi connectivity index (χ3v) is 0.758. The molecule has 0 spiro atoms. The van der Waals surface area contributed by atoms with Crippen molar-refractivity contribution in [2.75, 3.05) is 14.2 Å². The number of hydrogen-bond acceptors (Lipinski definition) is 5. The molecule has 0 unspecified atom stereocenters. The summed E-state index contributed by atoms with van der Waals surface area (Å²) in [4.78, 5) is 29.6. The normalized spacial score (nSPS) is 8.50. The lowest BCUT2D eigenvalue weighted by molar-refractivity contribution is -0.137. The van der Waals surface area contributed by atoms with Gasteiger partial charge in [0.1, 0.15) is 0 Å². The van der Waals surface area contributed by atoms with E-state index in [0.29, 0.717) is 0 Å². The number of carbonyl (C=O) groups is 3. The Morgan fingerprint density at radius 2 is 1.21 bits per heavy atom. The minimum Gasteiger partial charge on any atom is -0.481 e. The molecular weight excluding hydrogens is 192 g/mol. The second-order valence-corrected chi connectivity index (χ2v) is 1.90. The van der Waals surface area contributed by atoms with Gasteiger partial charge in [0, 0.05) is 19.1 Å². The summed E-state index contributed by atoms with van der Waals surface area (Å²) in [6, 6.07) is 0. The van der Waals surface area contributed by atoms with E-state index in [4.69, 9.17) is 9.90 Å². The third kappa shape index (κ3) is 16.6. The zero-order valence-electron chi connectivity index (χ0n) is 8.14. The molecule has 0 amide bonds. The molecule has 0 atom stereocenters. The van der Waals surface area contributed by atoms with Gasteiger partial charge >= 0.3 is 11.9 Å². The molecule has 0 saturated heterocycles. The number of aliphatic carboxylic acids is 1. The number of carboxylic acid groups (broad SMARTS) is 1. The van der Waals surface area contributed by atoms with E-state index < -0.39 is 17.9 Å². The highest BCUT2D eigenvalue weighted by Crippen LogP contribution is 1.80. The number of esters is 2. The van der Waals surface area contributed by atoms with E-state index in [1.807, 2.05) is 0 Å². The van der Waals surface area contributed by atoms with E-state index in [1.54, 1.807) is 0 Å². The predicted molar refractivity (Wildman–Crippen MR) is 46.5 cm³/mol. The first-order valence-electron chi connectivity index (χ1n) is 3.47. The van der Waals surface area contributed by atoms with Crippen LogP contribution in [0.25, 0.3) is 0 Å². The van der Waals surface area contributed by atoms with Crippen LogP contribution in [0.5, 0.6) is 0 Å². The average molecular weight is 204 g/mol. The third-order valence-electron chi connectivity index (χ3n) is 0.758. The van der Waals surface area contributed by atoms with Crippen LogP contribution in [0.15, 0.2) is 12.2 Å². The van der Waals surface area contributed by atoms with Gasteiger partial charge in [-0.2, -0.15) is 0 Å². The standard InChI is InChI=1S/C6H8O4.C2H4O2/c1-9-5(7)3-4-6(8)10-2;1-2(3)4/h3-4H,1-2H3;1H3,(H,3,4). The van der Waals surface area contributed by atoms with E-state index >= 15 is 0 Å². The maximum absolute atomic E-state index is 10.3. The summed E-state index contributed by atoms with van der Waals surface area (Å²) in [5, 5.41) is 7.42. The van der Waals surface area contributed by atoms with Gasteiger partial charge in [0.2, 0.25) is 0 Å². The van der Waals surface area contributed by atoms with Gasteiger partial charge in [-0.15, -0.1) is 0 Å². The number of hydrogen-bond donors (Lipinski definition) is 1. The molecule has 0 aliphatic heterocycles. The van der Waals surface area contributed by atoms with E-state index in [9.17, 15) is 9.59 Å². The maximum atomic E-state index is 10.3. The minimum absolute atomic E-state index is 0.578. The van der Waals surface area contributed by atoms with Crippen molar-refractivity contribution in [2.45, 2.75) is 6.92 Å². The molecule has 0 rings (SSSR count). The second kappa shape index (κ2) is 9.24. The Kier molecular flexibility index (Phi) is 9.68. The molecule has 0 heterocycles. The summed E-state index contributed by atoms with van der Waals surface area (Å²) in [6.45, 7) is 1.08. The highest BCUT2D eigenvalue weighted by molar-refractivity contribution is 5.91. The highest BCUT2D eigenvalue weighted by atomic mass is 16.5. The maximum Gasteiger partial charge on any atom is 0.330 e. The van der Waals surface area contributed by atoms with Crippen LogP contribution in [-0.4, -0.2) is 37.2 Å². The Labute approximate surface area is 81.1 Å². The quantitative estimate of drug-likeness (QED) is 0.502. The van der Waals surface area contributed by atoms with Crippen LogP contribution >= 0.6 is 0 Å². The lowest BCUT2D eigenvalue weighted by Gasteiger charge is -1.89. The van der Waals surface area contributed by atoms with Gasteiger partial charge in [-0.3, -0.25) is 4.79 Å². The molecule has 0 saturated carbocycles. The molecule has 0 aliphatic rings. The van der Waals surface area contributed by atoms with Crippen molar-refractivity contribution >= 4 is 17.9 Å². The predicted octanol–water partition coefficient (Wildman–Crippen LogP) is -0.0205. The van der Waals surface area contributed by atoms with Crippen LogP contribution in [0.4, 0.5) is 0 Å². The first kappa shape index (κ1) is 14.7. The van der Waals surface area contributed by atoms with Gasteiger partial charge < -0.3 is 14.6 Å². The van der Waals surface area contributed by atoms with Gasteiger partial charge in [-0.25, -0.2) is 9.59 Å². The Hall–Kier alpha value is -1.85. The fourth-order valence-corrected chi connectivity index (χ4v) is 0.272. The van der Waals surface area contributed by atoms with Crippen molar-refractivity contribution in [3.8, 4) is 0 Å². The fraction of sp³-hybridized carbons (Fsp3) is 0.375. The lowest BCUT2D eigenvalue weighted by atomic mass is 10.5. The second-order valence-electron chi connectivity index (χ2n) is 1.90. The molecule has 0 fully saturated rings. The largest absolute Gasteiger partial charge is 0.481 e. The fourth-order valence-electron chi connectivity index (χ4n) is 0.272. The van der Waals surface area contributed by atoms with Crippen LogP contribution in [0.2, 0.25) is 0 Å². The van der Waals surface area contributed by atoms with Gasteiger partial charge in [0.15, 0.2) is 0 Å². The average Bonchev–Trinajstić information content (AvgIpc) is 2.12. The number of rotatable bonds is 2. The molecule has 0 aromatic rings. The number of methoxy groups -OCH3 is 2. The molecule has 6 nitrogen and oxygen atoms in total. The molecular formula is C8H12O6. The summed E-state index contributed by atoms with van der Waals surface area (Å²) in [5.74, 6) is -1.99. The van der Waals surface area contributed by atoms with Crippen molar-refractivity contribution in [1.82, 2.24) is 0 Å². The zero-order chi connectivity index (χ0) is 11.6. The van der Waals surface area contributed by atoms with E-state index in [-0.39, 0.29) is 0 Å². The molecule has 0 aliphatic carbocycles. The van der Waals surface area contributed by atoms with Crippen molar-refractivity contribution in [1.29, 1.82) is 0 Å². The topological polar surface area (TPSA) is 89.9 Å². The first-order valence-corrected chi connectivity index (χ1v) is 3.47. The molecule has 0 radical (unpaired) electrons. The van der Waals surface area contributed by atoms with E-state index in [0.717, 1.165) is 19.1 Å². The number of ether oxygens (including phenoxy) is 2. The van der Waals surface area contributed by atoms with Crippen LogP contribution in [0.1, 0.15) is 6.92 Å². The summed E-state index contributed by atoms with van der Waals surface area (Å²) >= 11 is 0. The SMILES string of the molecule is CC(=O)O.COC(=O)C=CC(=O)OC. The highest BCUT2D eigenvalue weighted by Gasteiger charge is 1.94. The lowest BCUT2D eigenvalue weighted by Crippen LogP contribution is -1.98. The molecule has 14 heavy (non-hydrogen) atoms. The Bertz CT molecular complexity index is 208. The molecule has 1 N–H and O–H groups in total. The summed E-state index contributed by atoms with van der Waals surface area (Å²) in [7, 11) is 2.45. The van der Waals surface area contributed by atoms with Gasteiger partial charge in [-0.1, -0.05) is 0 Å². The molecule has 80 valence electrons. The van der Waals surface area contributed by atoms with Crippen molar-refractivity contribution in [3.05, 3.63) is 12.2 Å². The van der Waals surface area contributed by atoms with Crippen LogP contribution in [0.3, 0.4) is 0 Å². The monoisotopic (exact) mass is 204 g/mol. The van der Waals surface area contributed by atoms with E-state index in [1.165, 1.54) is 14.2 Å². The summed E-state index contributed by atoms with van der Waals surface area (Å²) in [6.07, 6.45) is 1.98. The van der Waals surface area contributed by atoms with E-state index in [2.05, 4.69) is 9.47 Å². The number of carboxylic acids is 1. The van der Waals surface area contributed by atoms with Crippen molar-refractivity contribution < 1.29 is 29.0 Å². The Morgan fingerprint density at radius 1 is 1.00 bits per heavy atom. The van der Waals surface area contributed by atoms with Crippen molar-refractivity contribution in [3.63, 3.8) is 0 Å². The van der Waals surface area contributed by atoms with Gasteiger partial charge in [0.25, 0.3) is 5.97 Å². The minimum atomic E-state index is -0.833. The molecule has 0 aromatic heterocycles. The Morgan fingerprint density at radius 3 is 1.36 bits per heavy atom. The van der Waals surface area contributed by atoms with Crippen LogP contribution < -0.4 is 0 Å². The summed E-state index contributed by atoms with van der Waals surface area (Å²) < 4.78 is 8.42. The molecule has 6 heteroatoms. The van der Waals surface area contributed by atoms with Gasteiger partial charge in [-0.05, 0) is 0 Å². The van der Waals surface area contributed by atoms with Crippen LogP contribution in [-0.2, 0) is 23.9 Å². The number of carbonyl (C=O) groups excluding carboxylic acids is 2. The van der Waals surface area contributed by atoms with Crippen LogP contribution in [0, 0.1) is 0 Å². The summed E-state index contributed by atoms with van der Waals surface area (Å²) in [5.41, 5.74) is 0. The zero-order valence-corrected chi connectivity index (χ0v) is 8.14. The Balaban J connectivity index is 0.